The van der Waals surface area contributed by atoms with Crippen LogP contribution in [-0.2, 0) is 34.8 Å². The molecule has 0 saturated carbocycles. The molecule has 0 radical (unpaired) electrons. The fourth-order valence-electron chi connectivity index (χ4n) is 3.68. The highest BCUT2D eigenvalue weighted by Crippen LogP contribution is 2.11. The summed E-state index contributed by atoms with van der Waals surface area (Å²) < 4.78 is 75.4. The molecule has 0 bridgehead atoms. The molecule has 3 saturated heterocycles. The van der Waals surface area contributed by atoms with Crippen LogP contribution in [0.15, 0.2) is 0 Å². The third-order valence-electron chi connectivity index (χ3n) is 5.56. The molecular formula is C20H46N4O7S3. The number of nitrogens with zero attached hydrogens (tertiary/aromatic N) is 4. The summed E-state index contributed by atoms with van der Waals surface area (Å²) in [6, 6.07) is 0. The topological polar surface area (TPSA) is 125 Å². The van der Waals surface area contributed by atoms with Gasteiger partial charge >= 0.3 is 0 Å². The molecule has 3 heterocycles. The van der Waals surface area contributed by atoms with Crippen LogP contribution in [0.3, 0.4) is 0 Å². The lowest BCUT2D eigenvalue weighted by atomic mass is 10.2. The van der Waals surface area contributed by atoms with Crippen molar-refractivity contribution in [2.45, 2.75) is 40.0 Å². The predicted octanol–water partition coefficient (Wildman–Crippen LogP) is 0.320. The van der Waals surface area contributed by atoms with Gasteiger partial charge in [0.05, 0.1) is 32.0 Å². The number of ether oxygens (including phenoxy) is 1. The van der Waals surface area contributed by atoms with Crippen LogP contribution in [0.4, 0.5) is 0 Å². The van der Waals surface area contributed by atoms with Crippen LogP contribution in [0.1, 0.15) is 40.0 Å². The molecule has 3 aliphatic heterocycles. The Hall–Kier alpha value is -0.350. The Morgan fingerprint density at radius 2 is 0.971 bits per heavy atom. The molecule has 0 unspecified atom stereocenters. The Balaban J connectivity index is 0.000000479. The number of hydrogen-bond donors (Lipinski definition) is 0. The van der Waals surface area contributed by atoms with Crippen molar-refractivity contribution in [3.63, 3.8) is 0 Å². The number of morpholine rings is 1. The van der Waals surface area contributed by atoms with Gasteiger partial charge in [0, 0.05) is 52.4 Å². The first-order chi connectivity index (χ1) is 15.2. The minimum absolute atomic E-state index is 0. The van der Waals surface area contributed by atoms with Crippen LogP contribution in [0.2, 0.25) is 0 Å². The molecule has 34 heavy (non-hydrogen) atoms. The second-order valence-corrected chi connectivity index (χ2v) is 14.4. The van der Waals surface area contributed by atoms with E-state index in [-0.39, 0.29) is 7.43 Å². The predicted molar refractivity (Wildman–Crippen MR) is 137 cm³/mol. The summed E-state index contributed by atoms with van der Waals surface area (Å²) >= 11 is 0. The first kappa shape index (κ1) is 33.7. The third kappa shape index (κ3) is 13.7. The van der Waals surface area contributed by atoms with Gasteiger partial charge in [-0.05, 0) is 25.8 Å². The van der Waals surface area contributed by atoms with Gasteiger partial charge in [0.1, 0.15) is 0 Å². The molecule has 206 valence electrons. The van der Waals surface area contributed by atoms with E-state index in [4.69, 9.17) is 4.74 Å². The van der Waals surface area contributed by atoms with Crippen molar-refractivity contribution in [2.24, 2.45) is 0 Å². The second kappa shape index (κ2) is 15.7. The van der Waals surface area contributed by atoms with Crippen LogP contribution >= 0.6 is 0 Å². The fourth-order valence-corrected chi connectivity index (χ4v) is 6.24. The molecule has 11 nitrogen and oxygen atoms in total. The zero-order valence-electron chi connectivity index (χ0n) is 20.5. The highest BCUT2D eigenvalue weighted by atomic mass is 32.2. The molecule has 3 rings (SSSR count). The van der Waals surface area contributed by atoms with Gasteiger partial charge in [-0.25, -0.2) is 29.6 Å². The molecule has 0 aromatic rings. The van der Waals surface area contributed by atoms with Crippen molar-refractivity contribution in [1.82, 2.24) is 17.8 Å². The molecule has 0 N–H and O–H groups in total. The summed E-state index contributed by atoms with van der Waals surface area (Å²) in [6.45, 7) is 9.76. The maximum Gasteiger partial charge on any atom is 0.211 e. The van der Waals surface area contributed by atoms with Crippen molar-refractivity contribution in [3.05, 3.63) is 0 Å². The zero-order valence-corrected chi connectivity index (χ0v) is 22.9. The van der Waals surface area contributed by atoms with Gasteiger partial charge in [0.25, 0.3) is 0 Å². The Labute approximate surface area is 208 Å². The number of sulfonamides is 3. The van der Waals surface area contributed by atoms with E-state index in [2.05, 4.69) is 11.8 Å². The average molecular weight is 551 g/mol. The maximum absolute atomic E-state index is 11.2. The summed E-state index contributed by atoms with van der Waals surface area (Å²) in [6.07, 6.45) is 8.13. The second-order valence-electron chi connectivity index (χ2n) is 8.50. The molecule has 3 fully saturated rings. The molecule has 14 heteroatoms. The lowest BCUT2D eigenvalue weighted by Crippen LogP contribution is -2.48. The molecule has 0 aliphatic carbocycles. The Morgan fingerprint density at radius 1 is 0.588 bits per heavy atom. The smallest absolute Gasteiger partial charge is 0.211 e. The molecule has 3 aliphatic rings. The van der Waals surface area contributed by atoms with Crippen LogP contribution in [-0.4, -0.2) is 134 Å². The van der Waals surface area contributed by atoms with E-state index in [1.165, 1.54) is 29.5 Å². The maximum atomic E-state index is 11.2. The Bertz CT molecular complexity index is 814. The Morgan fingerprint density at radius 3 is 1.29 bits per heavy atom. The van der Waals surface area contributed by atoms with Crippen LogP contribution in [0.5, 0.6) is 0 Å². The van der Waals surface area contributed by atoms with Gasteiger partial charge < -0.3 is 9.64 Å². The first-order valence-electron chi connectivity index (χ1n) is 11.4. The van der Waals surface area contributed by atoms with Gasteiger partial charge in [-0.15, -0.1) is 0 Å². The molecular weight excluding hydrogens is 504 g/mol. The van der Waals surface area contributed by atoms with E-state index in [0.29, 0.717) is 39.4 Å². The first-order valence-corrected chi connectivity index (χ1v) is 16.9. The van der Waals surface area contributed by atoms with Gasteiger partial charge in [0.2, 0.25) is 30.1 Å². The van der Waals surface area contributed by atoms with E-state index in [1.807, 2.05) is 0 Å². The summed E-state index contributed by atoms with van der Waals surface area (Å²) in [5, 5.41) is 0. The molecule has 0 aromatic heterocycles. The quantitative estimate of drug-likeness (QED) is 0.479. The van der Waals surface area contributed by atoms with Crippen molar-refractivity contribution >= 4 is 30.1 Å². The molecule has 0 atom stereocenters. The van der Waals surface area contributed by atoms with E-state index >= 15 is 0 Å². The summed E-state index contributed by atoms with van der Waals surface area (Å²) in [7, 11) is -8.82. The molecule has 0 amide bonds. The lowest BCUT2D eigenvalue weighted by Gasteiger charge is -2.32. The zero-order chi connectivity index (χ0) is 25.1. The largest absolute Gasteiger partial charge is 0.379 e. The van der Waals surface area contributed by atoms with E-state index < -0.39 is 30.1 Å². The van der Waals surface area contributed by atoms with Crippen molar-refractivity contribution in [3.8, 4) is 0 Å². The number of piperidine rings is 1. The van der Waals surface area contributed by atoms with E-state index in [9.17, 15) is 25.3 Å². The minimum Gasteiger partial charge on any atom is -0.379 e. The fraction of sp³-hybridized carbons (Fsp3) is 1.00. The minimum atomic E-state index is -2.97. The summed E-state index contributed by atoms with van der Waals surface area (Å²) in [4.78, 5) is 2.31. The molecule has 0 spiro atoms. The van der Waals surface area contributed by atoms with Crippen LogP contribution in [0.25, 0.3) is 0 Å². The average Bonchev–Trinajstić information content (AvgIpc) is 2.75. The SMILES string of the molecule is C.CCCN1CCN(S(C)(=O)=O)CC1.CS(=O)(=O)N1CCCCC1.CS(=O)(=O)N1CCOCC1. The van der Waals surface area contributed by atoms with Gasteiger partial charge in [-0.3, -0.25) is 0 Å². The summed E-state index contributed by atoms with van der Waals surface area (Å²) in [5.74, 6) is 0. The number of piperazine rings is 1. The van der Waals surface area contributed by atoms with Gasteiger partial charge in [0.15, 0.2) is 0 Å². The van der Waals surface area contributed by atoms with Crippen molar-refractivity contribution < 1.29 is 30.0 Å². The van der Waals surface area contributed by atoms with Crippen LogP contribution in [0, 0.1) is 0 Å². The van der Waals surface area contributed by atoms with E-state index in [0.717, 1.165) is 52.0 Å². The van der Waals surface area contributed by atoms with E-state index in [1.54, 1.807) is 8.61 Å². The monoisotopic (exact) mass is 550 g/mol. The lowest BCUT2D eigenvalue weighted by molar-refractivity contribution is 0.0733. The Kier molecular flexibility index (Phi) is 15.5. The standard InChI is InChI=1S/C8H18N2O2S.C6H13NO2S.C5H11NO3S.CH4/c1-3-4-9-5-7-10(8-6-9)13(2,11)12;1-10(8,9)7-5-3-2-4-6-7;1-10(7,8)6-2-4-9-5-3-6;/h3-8H2,1-2H3;2-6H2,1H3;2-5H2,1H3;1H4. The normalized spacial score (nSPS) is 21.9. The summed E-state index contributed by atoms with van der Waals surface area (Å²) in [5.41, 5.74) is 0. The van der Waals surface area contributed by atoms with Gasteiger partial charge in [-0.2, -0.15) is 8.61 Å². The number of hydrogen-bond acceptors (Lipinski definition) is 8. The highest BCUT2D eigenvalue weighted by molar-refractivity contribution is 7.88. The highest BCUT2D eigenvalue weighted by Gasteiger charge is 2.22. The van der Waals surface area contributed by atoms with Crippen molar-refractivity contribution in [2.75, 3.05) is 90.9 Å². The molecule has 0 aromatic carbocycles. The van der Waals surface area contributed by atoms with Gasteiger partial charge in [-0.1, -0.05) is 20.8 Å². The van der Waals surface area contributed by atoms with Crippen LogP contribution < -0.4 is 0 Å². The number of rotatable bonds is 5. The third-order valence-corrected chi connectivity index (χ3v) is 9.47. The van der Waals surface area contributed by atoms with Crippen molar-refractivity contribution in [1.29, 1.82) is 0 Å².